The van der Waals surface area contributed by atoms with E-state index in [0.29, 0.717) is 25.2 Å². The van der Waals surface area contributed by atoms with Gasteiger partial charge in [0.15, 0.2) is 5.60 Å². The summed E-state index contributed by atoms with van der Waals surface area (Å²) in [6, 6.07) is 0. The quantitative estimate of drug-likeness (QED) is 0.161. The van der Waals surface area contributed by atoms with Gasteiger partial charge < -0.3 is 20.1 Å². The van der Waals surface area contributed by atoms with Crippen LogP contribution in [0.4, 0.5) is 0 Å². The monoisotopic (exact) mass is 444 g/mol. The lowest BCUT2D eigenvalue weighted by Crippen LogP contribution is -2.51. The van der Waals surface area contributed by atoms with Gasteiger partial charge in [-0.25, -0.2) is 4.79 Å². The van der Waals surface area contributed by atoms with Gasteiger partial charge in [0.2, 0.25) is 0 Å². The van der Waals surface area contributed by atoms with E-state index in [-0.39, 0.29) is 12.8 Å². The molecule has 0 heterocycles. The van der Waals surface area contributed by atoms with Crippen LogP contribution in [0.2, 0.25) is 0 Å². The number of ether oxygens (including phenoxy) is 1. The zero-order chi connectivity index (χ0) is 23.9. The molecule has 0 radical (unpaired) electrons. The highest BCUT2D eigenvalue weighted by Crippen LogP contribution is 2.29. The van der Waals surface area contributed by atoms with Gasteiger partial charge in [-0.15, -0.1) is 0 Å². The number of hydrogen-bond acceptors (Lipinski definition) is 6. The molecule has 3 N–H and O–H groups in total. The molecule has 180 valence electrons. The summed E-state index contributed by atoms with van der Waals surface area (Å²) in [6.07, 6.45) is 7.40. The molecule has 0 saturated carbocycles. The third-order valence-electron chi connectivity index (χ3n) is 5.38. The van der Waals surface area contributed by atoms with E-state index < -0.39 is 41.8 Å². The molecular formula is C23H40O8. The van der Waals surface area contributed by atoms with Crippen LogP contribution in [0.5, 0.6) is 0 Å². The molecule has 0 aliphatic heterocycles. The number of carboxylic acid groups (broad SMARTS) is 2. The largest absolute Gasteiger partial charge is 0.481 e. The minimum absolute atomic E-state index is 0.00705. The van der Waals surface area contributed by atoms with Gasteiger partial charge in [0, 0.05) is 6.42 Å². The highest BCUT2D eigenvalue weighted by atomic mass is 16.6. The van der Waals surface area contributed by atoms with Crippen molar-refractivity contribution >= 4 is 23.9 Å². The van der Waals surface area contributed by atoms with Crippen LogP contribution in [0.15, 0.2) is 0 Å². The summed E-state index contributed by atoms with van der Waals surface area (Å²) < 4.78 is 4.78. The van der Waals surface area contributed by atoms with E-state index in [1.54, 1.807) is 0 Å². The van der Waals surface area contributed by atoms with Gasteiger partial charge in [-0.2, -0.15) is 0 Å². The van der Waals surface area contributed by atoms with Crippen molar-refractivity contribution in [1.29, 1.82) is 0 Å². The zero-order valence-corrected chi connectivity index (χ0v) is 19.2. The van der Waals surface area contributed by atoms with Gasteiger partial charge in [0.1, 0.15) is 0 Å². The second-order valence-electron chi connectivity index (χ2n) is 8.70. The molecule has 0 aromatic heterocycles. The van der Waals surface area contributed by atoms with E-state index in [1.807, 2.05) is 6.92 Å². The predicted octanol–water partition coefficient (Wildman–Crippen LogP) is 4.32. The number of aliphatic carboxylic acids is 2. The maximum absolute atomic E-state index is 12.5. The predicted molar refractivity (Wildman–Crippen MR) is 115 cm³/mol. The summed E-state index contributed by atoms with van der Waals surface area (Å²) in [4.78, 5) is 47.2. The van der Waals surface area contributed by atoms with E-state index in [1.165, 1.54) is 6.42 Å². The van der Waals surface area contributed by atoms with Crippen molar-refractivity contribution in [2.75, 3.05) is 0 Å². The van der Waals surface area contributed by atoms with Crippen molar-refractivity contribution in [1.82, 2.24) is 0 Å². The molecule has 0 bridgehead atoms. The van der Waals surface area contributed by atoms with Crippen LogP contribution in [-0.2, 0) is 23.9 Å². The average molecular weight is 445 g/mol. The molecule has 2 atom stereocenters. The molecule has 31 heavy (non-hydrogen) atoms. The van der Waals surface area contributed by atoms with Crippen LogP contribution in [-0.4, -0.2) is 44.8 Å². The van der Waals surface area contributed by atoms with E-state index in [9.17, 15) is 29.4 Å². The summed E-state index contributed by atoms with van der Waals surface area (Å²) in [5.74, 6) is -6.30. The first kappa shape index (κ1) is 29.0. The lowest BCUT2D eigenvalue weighted by molar-refractivity contribution is -0.184. The Morgan fingerprint density at radius 3 is 1.87 bits per heavy atom. The van der Waals surface area contributed by atoms with Crippen molar-refractivity contribution in [3.63, 3.8) is 0 Å². The first-order valence-corrected chi connectivity index (χ1v) is 11.5. The van der Waals surface area contributed by atoms with Crippen molar-refractivity contribution < 1.29 is 39.2 Å². The number of carbonyl (C=O) groups excluding carboxylic acids is 2. The summed E-state index contributed by atoms with van der Waals surface area (Å²) in [6.45, 7) is 6.30. The SMILES string of the molecule is CCCCCC(=O)OC(=O)C(CCCCCCCCC(C)C)C(O)(CC(=O)O)C(=O)O. The molecule has 2 unspecified atom stereocenters. The molecular weight excluding hydrogens is 404 g/mol. The first-order chi connectivity index (χ1) is 14.5. The standard InChI is InChI=1S/C23H40O8/c1-4-5-10-15-20(26)31-21(27)18(23(30,22(28)29)16-19(24)25)14-12-9-7-6-8-11-13-17(2)3/h17-18,30H,4-16H2,1-3H3,(H,24,25)(H,28,29). The van der Waals surface area contributed by atoms with Crippen LogP contribution < -0.4 is 0 Å². The molecule has 0 saturated heterocycles. The van der Waals surface area contributed by atoms with Crippen LogP contribution in [0.1, 0.15) is 104 Å². The summed E-state index contributed by atoms with van der Waals surface area (Å²) in [5, 5.41) is 29.0. The maximum Gasteiger partial charge on any atom is 0.337 e. The average Bonchev–Trinajstić information content (AvgIpc) is 2.65. The van der Waals surface area contributed by atoms with Crippen LogP contribution in [0.3, 0.4) is 0 Å². The summed E-state index contributed by atoms with van der Waals surface area (Å²) in [7, 11) is 0. The third-order valence-corrected chi connectivity index (χ3v) is 5.38. The number of unbranched alkanes of at least 4 members (excludes halogenated alkanes) is 7. The van der Waals surface area contributed by atoms with Crippen molar-refractivity contribution in [3.8, 4) is 0 Å². The Balaban J connectivity index is 4.95. The Labute approximate surface area is 185 Å². The van der Waals surface area contributed by atoms with E-state index in [4.69, 9.17) is 9.84 Å². The highest BCUT2D eigenvalue weighted by molar-refractivity contribution is 5.93. The number of rotatable bonds is 18. The Kier molecular flexibility index (Phi) is 14.8. The Morgan fingerprint density at radius 1 is 0.839 bits per heavy atom. The second kappa shape index (κ2) is 15.8. The summed E-state index contributed by atoms with van der Waals surface area (Å²) in [5.41, 5.74) is -2.83. The number of hydrogen-bond donors (Lipinski definition) is 3. The molecule has 0 fully saturated rings. The van der Waals surface area contributed by atoms with E-state index in [0.717, 1.165) is 38.5 Å². The number of aliphatic hydroxyl groups is 1. The molecule has 0 aliphatic carbocycles. The van der Waals surface area contributed by atoms with Gasteiger partial charge in [-0.1, -0.05) is 78.6 Å². The van der Waals surface area contributed by atoms with Gasteiger partial charge in [0.05, 0.1) is 12.3 Å². The van der Waals surface area contributed by atoms with Crippen LogP contribution in [0.25, 0.3) is 0 Å². The van der Waals surface area contributed by atoms with E-state index >= 15 is 0 Å². The third kappa shape index (κ3) is 12.5. The molecule has 0 aromatic rings. The fourth-order valence-electron chi connectivity index (χ4n) is 3.49. The Bertz CT molecular complexity index is 572. The van der Waals surface area contributed by atoms with Crippen molar-refractivity contribution in [2.24, 2.45) is 11.8 Å². The van der Waals surface area contributed by atoms with Gasteiger partial charge in [-0.05, 0) is 18.8 Å². The molecule has 0 amide bonds. The topological polar surface area (TPSA) is 138 Å². The van der Waals surface area contributed by atoms with Gasteiger partial charge >= 0.3 is 23.9 Å². The number of carboxylic acids is 2. The minimum atomic E-state index is -2.83. The molecule has 0 aliphatic rings. The molecule has 0 rings (SSSR count). The fraction of sp³-hybridized carbons (Fsp3) is 0.826. The second-order valence-corrected chi connectivity index (χ2v) is 8.70. The van der Waals surface area contributed by atoms with Crippen LogP contribution in [0, 0.1) is 11.8 Å². The Hall–Kier alpha value is -1.96. The minimum Gasteiger partial charge on any atom is -0.481 e. The number of esters is 2. The lowest BCUT2D eigenvalue weighted by atomic mass is 9.81. The first-order valence-electron chi connectivity index (χ1n) is 11.5. The fourth-order valence-corrected chi connectivity index (χ4v) is 3.49. The smallest absolute Gasteiger partial charge is 0.337 e. The molecule has 0 spiro atoms. The molecule has 8 heteroatoms. The Morgan fingerprint density at radius 2 is 1.39 bits per heavy atom. The van der Waals surface area contributed by atoms with Crippen molar-refractivity contribution in [2.45, 2.75) is 110 Å². The molecule has 8 nitrogen and oxygen atoms in total. The lowest BCUT2D eigenvalue weighted by Gasteiger charge is -2.29. The van der Waals surface area contributed by atoms with Gasteiger partial charge in [0.25, 0.3) is 0 Å². The summed E-state index contributed by atoms with van der Waals surface area (Å²) >= 11 is 0. The number of carbonyl (C=O) groups is 4. The highest BCUT2D eigenvalue weighted by Gasteiger charge is 2.50. The van der Waals surface area contributed by atoms with Crippen LogP contribution >= 0.6 is 0 Å². The maximum atomic E-state index is 12.5. The van der Waals surface area contributed by atoms with E-state index in [2.05, 4.69) is 13.8 Å². The normalized spacial score (nSPS) is 14.1. The van der Waals surface area contributed by atoms with Crippen molar-refractivity contribution in [3.05, 3.63) is 0 Å². The molecule has 0 aromatic carbocycles. The zero-order valence-electron chi connectivity index (χ0n) is 19.2. The van der Waals surface area contributed by atoms with Gasteiger partial charge in [-0.3, -0.25) is 14.4 Å².